The molecule has 2 nitrogen and oxygen atoms in total. The van der Waals surface area contributed by atoms with Crippen LogP contribution in [0.2, 0.25) is 5.02 Å². The van der Waals surface area contributed by atoms with E-state index in [0.717, 1.165) is 36.0 Å². The monoisotopic (exact) mass is 325 g/mol. The minimum absolute atomic E-state index is 0.128. The number of hydrogen-bond donors (Lipinski definition) is 1. The van der Waals surface area contributed by atoms with E-state index in [1.165, 1.54) is 0 Å². The number of Topliss-reactive ketones (excluding diaryl/α,β-unsaturated/α-hetero) is 1. The van der Waals surface area contributed by atoms with Gasteiger partial charge in [0.2, 0.25) is 0 Å². The predicted molar refractivity (Wildman–Crippen MR) is 95.5 cm³/mol. The molecule has 0 spiro atoms. The van der Waals surface area contributed by atoms with Crippen LogP contribution in [0.5, 0.6) is 0 Å². The van der Waals surface area contributed by atoms with Crippen LogP contribution in [-0.4, -0.2) is 12.8 Å². The molecule has 0 aliphatic heterocycles. The van der Waals surface area contributed by atoms with Crippen LogP contribution in [0.1, 0.15) is 30.4 Å². The van der Waals surface area contributed by atoms with Crippen molar-refractivity contribution in [2.75, 3.05) is 7.05 Å². The number of hydrogen-bond acceptors (Lipinski definition) is 2. The highest BCUT2D eigenvalue weighted by Gasteiger charge is 2.43. The van der Waals surface area contributed by atoms with Gasteiger partial charge in [0.15, 0.2) is 5.78 Å². The zero-order valence-corrected chi connectivity index (χ0v) is 13.9. The van der Waals surface area contributed by atoms with E-state index >= 15 is 0 Å². The summed E-state index contributed by atoms with van der Waals surface area (Å²) in [6.45, 7) is 0. The van der Waals surface area contributed by atoms with Gasteiger partial charge in [-0.3, -0.25) is 4.79 Å². The molecule has 3 heteroatoms. The third-order valence-electron chi connectivity index (χ3n) is 4.58. The summed E-state index contributed by atoms with van der Waals surface area (Å²) in [4.78, 5) is 13.2. The van der Waals surface area contributed by atoms with Crippen molar-refractivity contribution < 1.29 is 4.79 Å². The Balaban J connectivity index is 2.04. The lowest BCUT2D eigenvalue weighted by molar-refractivity contribution is -0.123. The third kappa shape index (κ3) is 2.97. The second-order valence-electron chi connectivity index (χ2n) is 5.90. The third-order valence-corrected chi connectivity index (χ3v) is 4.91. The van der Waals surface area contributed by atoms with E-state index in [4.69, 9.17) is 11.6 Å². The lowest BCUT2D eigenvalue weighted by Gasteiger charge is -2.37. The molecule has 1 saturated carbocycles. The maximum Gasteiger partial charge on any atom is 0.183 e. The number of carbonyl (C=O) groups excluding carboxylic acids is 1. The van der Waals surface area contributed by atoms with Gasteiger partial charge in [0.25, 0.3) is 0 Å². The van der Waals surface area contributed by atoms with Crippen molar-refractivity contribution in [2.24, 2.45) is 0 Å². The first-order chi connectivity index (χ1) is 11.2. The molecular formula is C20H20ClNO. The molecule has 1 atom stereocenters. The lowest BCUT2D eigenvalue weighted by atomic mass is 9.73. The molecule has 0 aromatic heterocycles. The zero-order valence-electron chi connectivity index (χ0n) is 13.2. The average Bonchev–Trinajstić information content (AvgIpc) is 2.59. The Morgan fingerprint density at radius 2 is 1.78 bits per heavy atom. The normalized spacial score (nSPS) is 23.2. The van der Waals surface area contributed by atoms with Crippen molar-refractivity contribution in [3.63, 3.8) is 0 Å². The molecule has 0 unspecified atom stereocenters. The van der Waals surface area contributed by atoms with Gasteiger partial charge >= 0.3 is 0 Å². The van der Waals surface area contributed by atoms with Gasteiger partial charge in [-0.1, -0.05) is 60.1 Å². The second-order valence-corrected chi connectivity index (χ2v) is 6.31. The number of benzene rings is 2. The van der Waals surface area contributed by atoms with E-state index in [9.17, 15) is 4.79 Å². The summed E-state index contributed by atoms with van der Waals surface area (Å²) in [5, 5.41) is 3.90. The second kappa shape index (κ2) is 6.69. The molecule has 118 valence electrons. The van der Waals surface area contributed by atoms with E-state index < -0.39 is 5.54 Å². The smallest absolute Gasteiger partial charge is 0.183 e. The molecule has 0 bridgehead atoms. The first-order valence-electron chi connectivity index (χ1n) is 7.92. The SMILES string of the molecule is CN[C@@]1(c2ccccc2Cl)CCC/C(=C/c2ccccc2)C1=O. The molecule has 1 aliphatic rings. The highest BCUT2D eigenvalue weighted by Crippen LogP contribution is 2.40. The number of likely N-dealkylation sites (N-methyl/N-ethyl adjacent to an activating group) is 1. The van der Waals surface area contributed by atoms with Crippen molar-refractivity contribution in [2.45, 2.75) is 24.8 Å². The van der Waals surface area contributed by atoms with Gasteiger partial charge in [-0.2, -0.15) is 0 Å². The minimum atomic E-state index is -0.725. The van der Waals surface area contributed by atoms with Crippen LogP contribution < -0.4 is 5.32 Å². The lowest BCUT2D eigenvalue weighted by Crippen LogP contribution is -2.50. The van der Waals surface area contributed by atoms with Crippen LogP contribution in [0, 0.1) is 0 Å². The van der Waals surface area contributed by atoms with Crippen LogP contribution in [0.4, 0.5) is 0 Å². The first-order valence-corrected chi connectivity index (χ1v) is 8.29. The Labute approximate surface area is 142 Å². The molecule has 2 aromatic rings. The van der Waals surface area contributed by atoms with E-state index in [1.54, 1.807) is 0 Å². The Kier molecular flexibility index (Phi) is 4.65. The van der Waals surface area contributed by atoms with Gasteiger partial charge in [0.05, 0.1) is 0 Å². The Morgan fingerprint density at radius 3 is 2.48 bits per heavy atom. The minimum Gasteiger partial charge on any atom is -0.304 e. The van der Waals surface area contributed by atoms with Gasteiger partial charge < -0.3 is 5.32 Å². The fourth-order valence-electron chi connectivity index (χ4n) is 3.37. The van der Waals surface area contributed by atoms with E-state index in [1.807, 2.05) is 67.7 Å². The van der Waals surface area contributed by atoms with Crippen LogP contribution in [-0.2, 0) is 10.3 Å². The summed E-state index contributed by atoms with van der Waals surface area (Å²) >= 11 is 6.39. The zero-order chi connectivity index (χ0) is 16.3. The topological polar surface area (TPSA) is 29.1 Å². The van der Waals surface area contributed by atoms with Crippen molar-refractivity contribution in [3.05, 3.63) is 76.3 Å². The van der Waals surface area contributed by atoms with Gasteiger partial charge in [-0.25, -0.2) is 0 Å². The molecule has 0 amide bonds. The molecule has 2 aromatic carbocycles. The Hall–Kier alpha value is -1.90. The summed E-state index contributed by atoms with van der Waals surface area (Å²) < 4.78 is 0. The first kappa shape index (κ1) is 16.0. The van der Waals surface area contributed by atoms with Gasteiger partial charge in [0.1, 0.15) is 5.54 Å². The van der Waals surface area contributed by atoms with Crippen molar-refractivity contribution >= 4 is 23.5 Å². The maximum absolute atomic E-state index is 13.2. The molecule has 3 rings (SSSR count). The van der Waals surface area contributed by atoms with Crippen molar-refractivity contribution in [1.82, 2.24) is 5.32 Å². The fraction of sp³-hybridized carbons (Fsp3) is 0.250. The van der Waals surface area contributed by atoms with Crippen LogP contribution in [0.25, 0.3) is 6.08 Å². The molecular weight excluding hydrogens is 306 g/mol. The molecule has 1 aliphatic carbocycles. The van der Waals surface area contributed by atoms with E-state index in [2.05, 4.69) is 5.32 Å². The van der Waals surface area contributed by atoms with Crippen molar-refractivity contribution in [3.8, 4) is 0 Å². The molecule has 0 radical (unpaired) electrons. The molecule has 23 heavy (non-hydrogen) atoms. The molecule has 0 heterocycles. The summed E-state index contributed by atoms with van der Waals surface area (Å²) in [5.74, 6) is 0.128. The average molecular weight is 326 g/mol. The van der Waals surface area contributed by atoms with Crippen LogP contribution >= 0.6 is 11.6 Å². The van der Waals surface area contributed by atoms with Gasteiger partial charge in [0, 0.05) is 5.02 Å². The molecule has 0 saturated heterocycles. The molecule has 1 fully saturated rings. The number of rotatable bonds is 3. The highest BCUT2D eigenvalue weighted by atomic mass is 35.5. The van der Waals surface area contributed by atoms with Crippen LogP contribution in [0.3, 0.4) is 0 Å². The Bertz CT molecular complexity index is 738. The quantitative estimate of drug-likeness (QED) is 0.836. The maximum atomic E-state index is 13.2. The van der Waals surface area contributed by atoms with Gasteiger partial charge in [-0.05, 0) is 55.2 Å². The van der Waals surface area contributed by atoms with Crippen molar-refractivity contribution in [1.29, 1.82) is 0 Å². The fourth-order valence-corrected chi connectivity index (χ4v) is 3.67. The number of carbonyl (C=O) groups is 1. The van der Waals surface area contributed by atoms with E-state index in [0.29, 0.717) is 5.02 Å². The summed E-state index contributed by atoms with van der Waals surface area (Å²) in [7, 11) is 1.84. The van der Waals surface area contributed by atoms with Gasteiger partial charge in [-0.15, -0.1) is 0 Å². The molecule has 1 N–H and O–H groups in total. The van der Waals surface area contributed by atoms with E-state index in [-0.39, 0.29) is 5.78 Å². The highest BCUT2D eigenvalue weighted by molar-refractivity contribution is 6.32. The summed E-state index contributed by atoms with van der Waals surface area (Å²) in [5.41, 5.74) is 2.06. The number of ketones is 1. The number of halogens is 1. The van der Waals surface area contributed by atoms with Crippen LogP contribution in [0.15, 0.2) is 60.2 Å². The largest absolute Gasteiger partial charge is 0.304 e. The predicted octanol–water partition coefficient (Wildman–Crippen LogP) is 4.59. The summed E-state index contributed by atoms with van der Waals surface area (Å²) in [6, 6.07) is 17.6. The summed E-state index contributed by atoms with van der Waals surface area (Å²) in [6.07, 6.45) is 4.53. The number of nitrogens with one attached hydrogen (secondary N) is 1. The standard InChI is InChI=1S/C20H20ClNO/c1-22-20(17-11-5-6-12-18(17)21)13-7-10-16(19(20)23)14-15-8-3-2-4-9-15/h2-6,8-9,11-12,14,22H,7,10,13H2,1H3/b16-14-/t20-/m1/s1. The Morgan fingerprint density at radius 1 is 1.09 bits per heavy atom.